The van der Waals surface area contributed by atoms with Crippen LogP contribution in [0.5, 0.6) is 5.75 Å². The smallest absolute Gasteiger partial charge is 0.237 e. The molecule has 1 atom stereocenters. The van der Waals surface area contributed by atoms with Gasteiger partial charge < -0.3 is 20.5 Å². The van der Waals surface area contributed by atoms with E-state index >= 15 is 0 Å². The molecule has 1 aromatic heterocycles. The summed E-state index contributed by atoms with van der Waals surface area (Å²) in [5.41, 5.74) is 8.38. The summed E-state index contributed by atoms with van der Waals surface area (Å²) in [6.45, 7) is 1.90. The van der Waals surface area contributed by atoms with Gasteiger partial charge in [0.2, 0.25) is 5.91 Å². The summed E-state index contributed by atoms with van der Waals surface area (Å²) in [5, 5.41) is 5.06. The van der Waals surface area contributed by atoms with Crippen molar-refractivity contribution in [3.8, 4) is 16.9 Å². The number of rotatable bonds is 6. The Balaban J connectivity index is 1.54. The molecule has 1 aliphatic heterocycles. The highest BCUT2D eigenvalue weighted by Crippen LogP contribution is 2.27. The minimum atomic E-state index is -0.454. The van der Waals surface area contributed by atoms with Crippen LogP contribution in [0.2, 0.25) is 0 Å². The molecule has 1 aromatic carbocycles. The van der Waals surface area contributed by atoms with E-state index < -0.39 is 6.04 Å². The summed E-state index contributed by atoms with van der Waals surface area (Å²) >= 11 is 1.64. The van der Waals surface area contributed by atoms with E-state index in [9.17, 15) is 4.79 Å². The number of hydrogen-bond acceptors (Lipinski definition) is 5. The van der Waals surface area contributed by atoms with Crippen molar-refractivity contribution in [2.75, 3.05) is 20.3 Å². The fourth-order valence-corrected chi connectivity index (χ4v) is 3.82. The first-order valence-corrected chi connectivity index (χ1v) is 9.38. The Morgan fingerprint density at radius 1 is 1.32 bits per heavy atom. The molecule has 3 N–H and O–H groups in total. The van der Waals surface area contributed by atoms with Crippen LogP contribution in [0.15, 0.2) is 35.7 Å². The first kappa shape index (κ1) is 17.9. The summed E-state index contributed by atoms with van der Waals surface area (Å²) in [4.78, 5) is 13.4. The standard InChI is InChI=1S/C19H24N2O3S/c1-23-16-4-2-13(3-5-16)15-10-17(25-12-15)11-21-19(22)18(20)14-6-8-24-9-7-14/h2-5,10,12,14,18H,6-9,11,20H2,1H3,(H,21,22). The molecule has 25 heavy (non-hydrogen) atoms. The number of methoxy groups -OCH3 is 1. The maximum absolute atomic E-state index is 12.3. The number of nitrogens with two attached hydrogens (primary N) is 1. The second-order valence-corrected chi connectivity index (χ2v) is 7.22. The molecule has 0 radical (unpaired) electrons. The third-order valence-corrected chi connectivity index (χ3v) is 5.53. The molecule has 5 nitrogen and oxygen atoms in total. The van der Waals surface area contributed by atoms with Crippen LogP contribution in [0.25, 0.3) is 11.1 Å². The molecule has 1 unspecified atom stereocenters. The molecular formula is C19H24N2O3S. The van der Waals surface area contributed by atoms with Crippen molar-refractivity contribution < 1.29 is 14.3 Å². The van der Waals surface area contributed by atoms with Crippen molar-refractivity contribution in [1.82, 2.24) is 5.32 Å². The number of ether oxygens (including phenoxy) is 2. The normalized spacial score (nSPS) is 16.4. The van der Waals surface area contributed by atoms with Crippen molar-refractivity contribution in [3.05, 3.63) is 40.6 Å². The summed E-state index contributed by atoms with van der Waals surface area (Å²) in [6, 6.07) is 9.61. The molecule has 1 aliphatic rings. The van der Waals surface area contributed by atoms with E-state index in [0.29, 0.717) is 19.8 Å². The molecule has 0 spiro atoms. The van der Waals surface area contributed by atoms with Gasteiger partial charge in [0.15, 0.2) is 0 Å². The minimum absolute atomic E-state index is 0.0775. The van der Waals surface area contributed by atoms with E-state index in [-0.39, 0.29) is 11.8 Å². The number of nitrogens with one attached hydrogen (secondary N) is 1. The quantitative estimate of drug-likeness (QED) is 0.831. The zero-order chi connectivity index (χ0) is 17.6. The third kappa shape index (κ3) is 4.60. The van der Waals surface area contributed by atoms with E-state index in [2.05, 4.69) is 16.8 Å². The lowest BCUT2D eigenvalue weighted by molar-refractivity contribution is -0.124. The Hall–Kier alpha value is -1.89. The molecule has 2 heterocycles. The van der Waals surface area contributed by atoms with Gasteiger partial charge in [-0.15, -0.1) is 11.3 Å². The van der Waals surface area contributed by atoms with Gasteiger partial charge in [0, 0.05) is 18.1 Å². The maximum atomic E-state index is 12.3. The molecule has 3 rings (SSSR count). The molecule has 0 aliphatic carbocycles. The van der Waals surface area contributed by atoms with Crippen LogP contribution in [-0.2, 0) is 16.1 Å². The number of amides is 1. The third-order valence-electron chi connectivity index (χ3n) is 4.59. The van der Waals surface area contributed by atoms with Gasteiger partial charge in [-0.2, -0.15) is 0 Å². The molecule has 6 heteroatoms. The van der Waals surface area contributed by atoms with Gasteiger partial charge in [0.1, 0.15) is 5.75 Å². The molecule has 1 amide bonds. The predicted molar refractivity (Wildman–Crippen MR) is 99.7 cm³/mol. The second-order valence-electron chi connectivity index (χ2n) is 6.22. The topological polar surface area (TPSA) is 73.6 Å². The van der Waals surface area contributed by atoms with Crippen LogP contribution in [-0.4, -0.2) is 32.3 Å². The van der Waals surface area contributed by atoms with E-state index in [1.54, 1.807) is 18.4 Å². The lowest BCUT2D eigenvalue weighted by atomic mass is 9.92. The number of thiophene rings is 1. The molecule has 0 saturated carbocycles. The average Bonchev–Trinajstić information content (AvgIpc) is 3.15. The first-order valence-electron chi connectivity index (χ1n) is 8.50. The fourth-order valence-electron chi connectivity index (χ4n) is 2.99. The van der Waals surface area contributed by atoms with Crippen molar-refractivity contribution in [2.24, 2.45) is 11.7 Å². The van der Waals surface area contributed by atoms with Gasteiger partial charge in [-0.25, -0.2) is 0 Å². The van der Waals surface area contributed by atoms with Gasteiger partial charge in [-0.05, 0) is 53.5 Å². The number of carbonyl (C=O) groups is 1. The molecule has 0 bridgehead atoms. The van der Waals surface area contributed by atoms with E-state index in [1.165, 1.54) is 0 Å². The maximum Gasteiger partial charge on any atom is 0.237 e. The average molecular weight is 360 g/mol. The highest BCUT2D eigenvalue weighted by Gasteiger charge is 2.26. The van der Waals surface area contributed by atoms with Crippen molar-refractivity contribution in [3.63, 3.8) is 0 Å². The Labute approximate surface area is 152 Å². The van der Waals surface area contributed by atoms with Crippen LogP contribution in [0.3, 0.4) is 0 Å². The van der Waals surface area contributed by atoms with E-state index in [1.807, 2.05) is 24.3 Å². The molecule has 134 valence electrons. The van der Waals surface area contributed by atoms with E-state index in [0.717, 1.165) is 34.6 Å². The summed E-state index contributed by atoms with van der Waals surface area (Å²) in [7, 11) is 1.66. The number of hydrogen-bond donors (Lipinski definition) is 2. The van der Waals surface area contributed by atoms with Gasteiger partial charge in [-0.3, -0.25) is 4.79 Å². The van der Waals surface area contributed by atoms with Gasteiger partial charge in [0.05, 0.1) is 19.7 Å². The zero-order valence-corrected chi connectivity index (χ0v) is 15.2. The van der Waals surface area contributed by atoms with Crippen molar-refractivity contribution >= 4 is 17.2 Å². The Kier molecular flexibility index (Phi) is 6.07. The molecule has 2 aromatic rings. The van der Waals surface area contributed by atoms with Gasteiger partial charge in [0.25, 0.3) is 0 Å². The Morgan fingerprint density at radius 3 is 2.72 bits per heavy atom. The van der Waals surface area contributed by atoms with Crippen LogP contribution in [0.1, 0.15) is 17.7 Å². The second kappa shape index (κ2) is 8.47. The lowest BCUT2D eigenvalue weighted by Gasteiger charge is -2.26. The Morgan fingerprint density at radius 2 is 2.04 bits per heavy atom. The number of carbonyl (C=O) groups excluding carboxylic acids is 1. The molecular weight excluding hydrogens is 336 g/mol. The number of benzene rings is 1. The summed E-state index contributed by atoms with van der Waals surface area (Å²) in [6.07, 6.45) is 1.71. The summed E-state index contributed by atoms with van der Waals surface area (Å²) < 4.78 is 10.5. The Bertz CT molecular complexity index is 693. The highest BCUT2D eigenvalue weighted by molar-refractivity contribution is 7.10. The minimum Gasteiger partial charge on any atom is -0.497 e. The van der Waals surface area contributed by atoms with Crippen LogP contribution in [0, 0.1) is 5.92 Å². The van der Waals surface area contributed by atoms with Crippen LogP contribution >= 0.6 is 11.3 Å². The first-order chi connectivity index (χ1) is 12.2. The lowest BCUT2D eigenvalue weighted by Crippen LogP contribution is -2.46. The highest BCUT2D eigenvalue weighted by atomic mass is 32.1. The SMILES string of the molecule is COc1ccc(-c2csc(CNC(=O)C(N)C3CCOCC3)c2)cc1. The van der Waals surface area contributed by atoms with Gasteiger partial charge >= 0.3 is 0 Å². The van der Waals surface area contributed by atoms with Crippen LogP contribution < -0.4 is 15.8 Å². The van der Waals surface area contributed by atoms with Crippen molar-refractivity contribution in [1.29, 1.82) is 0 Å². The fraction of sp³-hybridized carbons (Fsp3) is 0.421. The summed E-state index contributed by atoms with van der Waals surface area (Å²) in [5.74, 6) is 0.979. The monoisotopic (exact) mass is 360 g/mol. The zero-order valence-electron chi connectivity index (χ0n) is 14.4. The van der Waals surface area contributed by atoms with Crippen LogP contribution in [0.4, 0.5) is 0 Å². The van der Waals surface area contributed by atoms with Crippen molar-refractivity contribution in [2.45, 2.75) is 25.4 Å². The van der Waals surface area contributed by atoms with E-state index in [4.69, 9.17) is 15.2 Å². The molecule has 1 saturated heterocycles. The predicted octanol–water partition coefficient (Wildman–Crippen LogP) is 2.79. The molecule has 1 fully saturated rings. The van der Waals surface area contributed by atoms with Gasteiger partial charge in [-0.1, -0.05) is 12.1 Å². The largest absolute Gasteiger partial charge is 0.497 e.